The SMILES string of the molecule is COc1nc(-c2cccc(-c3cc4c(=O)n(C)c(CN5CCC[C@@H](C(=O)O)C5)nn4c3)c2Cl)ccc1CNC[C@@H]1CCC(=O)N1. The standard InChI is InChI=1S/C32H36ClN7O5/c1-38-27(18-39-12-4-5-20(16-39)32(43)44)37-40-17-21(13-26(40)31(38)42)23-6-3-7-24(29(23)33)25-10-8-19(30(36-25)45-2)14-34-15-22-9-11-28(41)35-22/h3,6-8,10,13,17,20,22,34H,4-5,9,11-12,14-16,18H2,1-2H3,(H,35,41)(H,43,44)/t20-,22+/m1/s1. The molecule has 4 aromatic rings. The van der Waals surface area contributed by atoms with Gasteiger partial charge in [-0.05, 0) is 37.9 Å². The number of carboxylic acids is 1. The van der Waals surface area contributed by atoms with Crippen LogP contribution in [0, 0.1) is 5.92 Å². The first-order valence-electron chi connectivity index (χ1n) is 15.1. The fraction of sp³-hybridized carbons (Fsp3) is 0.406. The first kappa shape index (κ1) is 30.8. The van der Waals surface area contributed by atoms with Crippen LogP contribution < -0.4 is 20.9 Å². The van der Waals surface area contributed by atoms with E-state index >= 15 is 0 Å². The Kier molecular flexibility index (Phi) is 8.88. The molecule has 0 aliphatic carbocycles. The molecule has 5 heterocycles. The largest absolute Gasteiger partial charge is 0.481 e. The minimum atomic E-state index is -0.792. The van der Waals surface area contributed by atoms with Crippen LogP contribution in [0.25, 0.3) is 27.9 Å². The van der Waals surface area contributed by atoms with Gasteiger partial charge in [0.25, 0.3) is 5.56 Å². The molecule has 13 heteroatoms. The lowest BCUT2D eigenvalue weighted by Crippen LogP contribution is -2.40. The fourth-order valence-corrected chi connectivity index (χ4v) is 6.49. The van der Waals surface area contributed by atoms with Gasteiger partial charge >= 0.3 is 5.97 Å². The topological polar surface area (TPSA) is 143 Å². The second-order valence-corrected chi connectivity index (χ2v) is 12.1. The number of carbonyl (C=O) groups is 2. The maximum absolute atomic E-state index is 13.4. The number of aliphatic carboxylic acids is 1. The molecular formula is C32H36ClN7O5. The van der Waals surface area contributed by atoms with E-state index in [0.717, 1.165) is 41.6 Å². The predicted molar refractivity (Wildman–Crippen MR) is 169 cm³/mol. The summed E-state index contributed by atoms with van der Waals surface area (Å²) in [7, 11) is 3.27. The van der Waals surface area contributed by atoms with Gasteiger partial charge in [-0.15, -0.1) is 0 Å². The monoisotopic (exact) mass is 633 g/mol. The van der Waals surface area contributed by atoms with Crippen molar-refractivity contribution in [2.75, 3.05) is 26.7 Å². The maximum atomic E-state index is 13.4. The summed E-state index contributed by atoms with van der Waals surface area (Å²) in [6, 6.07) is 11.4. The number of piperidine rings is 1. The molecule has 2 saturated heterocycles. The summed E-state index contributed by atoms with van der Waals surface area (Å²) in [6.07, 6.45) is 4.62. The zero-order chi connectivity index (χ0) is 31.7. The van der Waals surface area contributed by atoms with Crippen molar-refractivity contribution >= 4 is 29.0 Å². The van der Waals surface area contributed by atoms with Gasteiger partial charge in [-0.3, -0.25) is 23.9 Å². The third-order valence-corrected chi connectivity index (χ3v) is 9.07. The number of rotatable bonds is 10. The summed E-state index contributed by atoms with van der Waals surface area (Å²) >= 11 is 6.98. The summed E-state index contributed by atoms with van der Waals surface area (Å²) in [5.41, 5.74) is 3.93. The molecule has 3 aromatic heterocycles. The van der Waals surface area contributed by atoms with Crippen LogP contribution in [0.1, 0.15) is 37.1 Å². The average Bonchev–Trinajstić information content (AvgIpc) is 3.66. The number of hydrogen-bond acceptors (Lipinski definition) is 8. The molecule has 3 N–H and O–H groups in total. The number of ether oxygens (including phenoxy) is 1. The van der Waals surface area contributed by atoms with Crippen LogP contribution in [0.15, 0.2) is 47.4 Å². The highest BCUT2D eigenvalue weighted by atomic mass is 35.5. The molecule has 2 aliphatic rings. The Labute approximate surface area is 265 Å². The molecule has 0 unspecified atom stereocenters. The molecule has 1 amide bonds. The smallest absolute Gasteiger partial charge is 0.307 e. The molecule has 12 nitrogen and oxygen atoms in total. The van der Waals surface area contributed by atoms with Crippen LogP contribution in [0.2, 0.25) is 5.02 Å². The van der Waals surface area contributed by atoms with Gasteiger partial charge in [0.15, 0.2) is 0 Å². The Hall–Kier alpha value is -4.26. The fourth-order valence-electron chi connectivity index (χ4n) is 6.16. The molecule has 6 rings (SSSR count). The van der Waals surface area contributed by atoms with Gasteiger partial charge in [-0.25, -0.2) is 9.50 Å². The number of carboxylic acid groups (broad SMARTS) is 1. The van der Waals surface area contributed by atoms with E-state index < -0.39 is 11.9 Å². The van der Waals surface area contributed by atoms with Crippen molar-refractivity contribution < 1.29 is 19.4 Å². The summed E-state index contributed by atoms with van der Waals surface area (Å²) in [5.74, 6) is -0.0811. The van der Waals surface area contributed by atoms with Crippen LogP contribution in [0.5, 0.6) is 5.88 Å². The first-order chi connectivity index (χ1) is 21.7. The van der Waals surface area contributed by atoms with E-state index in [2.05, 4.69) is 10.6 Å². The van der Waals surface area contributed by atoms with Crippen molar-refractivity contribution in [3.8, 4) is 28.3 Å². The van der Waals surface area contributed by atoms with Gasteiger partial charge in [-0.1, -0.05) is 35.9 Å². The molecule has 0 saturated carbocycles. The number of fused-ring (bicyclic) bond motifs is 1. The number of amides is 1. The van der Waals surface area contributed by atoms with Crippen LogP contribution >= 0.6 is 11.6 Å². The predicted octanol–water partition coefficient (Wildman–Crippen LogP) is 3.09. The summed E-state index contributed by atoms with van der Waals surface area (Å²) in [6.45, 7) is 2.77. The maximum Gasteiger partial charge on any atom is 0.307 e. The van der Waals surface area contributed by atoms with Crippen molar-refractivity contribution in [3.05, 3.63) is 69.4 Å². The molecule has 0 radical (unpaired) electrons. The molecular weight excluding hydrogens is 598 g/mol. The van der Waals surface area contributed by atoms with Crippen LogP contribution in [0.3, 0.4) is 0 Å². The number of nitrogens with one attached hydrogen (secondary N) is 2. The molecule has 1 aromatic carbocycles. The quantitative estimate of drug-likeness (QED) is 0.240. The molecule has 0 bridgehead atoms. The highest BCUT2D eigenvalue weighted by molar-refractivity contribution is 6.36. The summed E-state index contributed by atoms with van der Waals surface area (Å²) < 4.78 is 8.71. The molecule has 2 fully saturated rings. The normalized spacial score (nSPS) is 18.8. The van der Waals surface area contributed by atoms with E-state index in [4.69, 9.17) is 26.4 Å². The van der Waals surface area contributed by atoms with E-state index in [9.17, 15) is 19.5 Å². The number of halogens is 1. The number of carbonyl (C=O) groups excluding carboxylic acids is 1. The Bertz CT molecular complexity index is 1820. The lowest BCUT2D eigenvalue weighted by molar-refractivity contribution is -0.143. The second kappa shape index (κ2) is 13.0. The van der Waals surface area contributed by atoms with Crippen molar-refractivity contribution in [3.63, 3.8) is 0 Å². The zero-order valence-corrected chi connectivity index (χ0v) is 26.0. The van der Waals surface area contributed by atoms with Crippen LogP contribution in [0.4, 0.5) is 0 Å². The molecule has 2 atom stereocenters. The minimum Gasteiger partial charge on any atom is -0.481 e. The number of methoxy groups -OCH3 is 1. The molecule has 0 spiro atoms. The third-order valence-electron chi connectivity index (χ3n) is 8.66. The Morgan fingerprint density at radius 1 is 1.20 bits per heavy atom. The van der Waals surface area contributed by atoms with Crippen molar-refractivity contribution in [2.24, 2.45) is 13.0 Å². The van der Waals surface area contributed by atoms with E-state index in [0.29, 0.717) is 67.0 Å². The molecule has 45 heavy (non-hydrogen) atoms. The summed E-state index contributed by atoms with van der Waals surface area (Å²) in [5, 5.41) is 21.0. The molecule has 236 valence electrons. The van der Waals surface area contributed by atoms with Gasteiger partial charge in [-0.2, -0.15) is 5.10 Å². The van der Waals surface area contributed by atoms with Gasteiger partial charge in [0.05, 0.1) is 30.3 Å². The van der Waals surface area contributed by atoms with Gasteiger partial charge in [0.1, 0.15) is 11.3 Å². The van der Waals surface area contributed by atoms with E-state index in [1.807, 2.05) is 35.2 Å². The highest BCUT2D eigenvalue weighted by Gasteiger charge is 2.26. The first-order valence-corrected chi connectivity index (χ1v) is 15.5. The third kappa shape index (κ3) is 6.44. The van der Waals surface area contributed by atoms with Gasteiger partial charge in [0, 0.05) is 67.6 Å². The van der Waals surface area contributed by atoms with E-state index in [1.165, 1.54) is 4.57 Å². The minimum absolute atomic E-state index is 0.0894. The Balaban J connectivity index is 1.24. The van der Waals surface area contributed by atoms with Crippen LogP contribution in [-0.2, 0) is 29.7 Å². The van der Waals surface area contributed by atoms with E-state index in [1.54, 1.807) is 30.9 Å². The summed E-state index contributed by atoms with van der Waals surface area (Å²) in [4.78, 5) is 43.1. The van der Waals surface area contributed by atoms with Gasteiger partial charge in [0.2, 0.25) is 11.8 Å². The number of nitrogens with zero attached hydrogens (tertiary/aromatic N) is 5. The number of pyridine rings is 1. The number of benzene rings is 1. The van der Waals surface area contributed by atoms with Crippen molar-refractivity contribution in [2.45, 2.75) is 44.8 Å². The average molecular weight is 634 g/mol. The highest BCUT2D eigenvalue weighted by Crippen LogP contribution is 2.37. The zero-order valence-electron chi connectivity index (χ0n) is 25.3. The second-order valence-electron chi connectivity index (χ2n) is 11.7. The lowest BCUT2D eigenvalue weighted by atomic mass is 9.98. The van der Waals surface area contributed by atoms with E-state index in [-0.39, 0.29) is 17.5 Å². The Morgan fingerprint density at radius 2 is 2.02 bits per heavy atom. The van der Waals surface area contributed by atoms with Crippen molar-refractivity contribution in [1.29, 1.82) is 0 Å². The lowest BCUT2D eigenvalue weighted by Gasteiger charge is -2.30. The van der Waals surface area contributed by atoms with Crippen LogP contribution in [-0.4, -0.2) is 73.8 Å². The molecule has 2 aliphatic heterocycles. The van der Waals surface area contributed by atoms with Crippen molar-refractivity contribution in [1.82, 2.24) is 34.7 Å². The van der Waals surface area contributed by atoms with Gasteiger partial charge < -0.3 is 20.5 Å². The number of aromatic nitrogens is 4. The number of likely N-dealkylation sites (tertiary alicyclic amines) is 1. The number of hydrogen-bond donors (Lipinski definition) is 3. The Morgan fingerprint density at radius 3 is 2.78 bits per heavy atom.